The number of rotatable bonds is 1. The highest BCUT2D eigenvalue weighted by Crippen LogP contribution is 2.30. The van der Waals surface area contributed by atoms with Crippen molar-refractivity contribution in [2.45, 2.75) is 12.6 Å². The summed E-state index contributed by atoms with van der Waals surface area (Å²) in [5.41, 5.74) is -1.05. The average molecular weight is 312 g/mol. The van der Waals surface area contributed by atoms with Gasteiger partial charge in [0, 0.05) is 9.77 Å². The van der Waals surface area contributed by atoms with Crippen LogP contribution >= 0.6 is 22.6 Å². The Kier molecular flexibility index (Phi) is 3.31. The van der Waals surface area contributed by atoms with Crippen LogP contribution in [0.15, 0.2) is 12.3 Å². The summed E-state index contributed by atoms with van der Waals surface area (Å²) in [5, 5.41) is 8.35. The van der Waals surface area contributed by atoms with Gasteiger partial charge in [0.15, 0.2) is 0 Å². The normalized spacial score (nSPS) is 11.1. The Labute approximate surface area is 91.9 Å². The van der Waals surface area contributed by atoms with Crippen molar-refractivity contribution in [1.29, 1.82) is 5.26 Å². The van der Waals surface area contributed by atoms with Gasteiger partial charge in [-0.05, 0) is 34.2 Å². The van der Waals surface area contributed by atoms with E-state index in [1.54, 1.807) is 6.07 Å². The molecule has 0 fully saturated rings. The number of nitriles is 1. The van der Waals surface area contributed by atoms with E-state index in [0.717, 1.165) is 6.20 Å². The number of halogens is 4. The number of pyridine rings is 1. The minimum atomic E-state index is -4.49. The smallest absolute Gasteiger partial charge is 0.250 e. The van der Waals surface area contributed by atoms with Crippen LogP contribution in [0, 0.1) is 14.9 Å². The fourth-order valence-corrected chi connectivity index (χ4v) is 1.47. The Balaban J connectivity index is 3.23. The lowest BCUT2D eigenvalue weighted by atomic mass is 10.1. The number of hydrogen-bond donors (Lipinski definition) is 0. The first kappa shape index (κ1) is 11.2. The van der Waals surface area contributed by atoms with E-state index in [4.69, 9.17) is 5.26 Å². The van der Waals surface area contributed by atoms with Crippen LogP contribution in [-0.2, 0) is 12.6 Å². The van der Waals surface area contributed by atoms with E-state index < -0.39 is 11.9 Å². The molecule has 0 amide bonds. The molecule has 1 rings (SSSR count). The van der Waals surface area contributed by atoms with Gasteiger partial charge in [0.05, 0.1) is 12.5 Å². The lowest BCUT2D eigenvalue weighted by Gasteiger charge is -2.09. The van der Waals surface area contributed by atoms with Crippen LogP contribution in [0.25, 0.3) is 0 Å². The number of nitrogens with zero attached hydrogens (tertiary/aromatic N) is 2. The SMILES string of the molecule is N#CCc1cc(I)cnc1C(F)(F)F. The first-order chi connectivity index (χ1) is 6.45. The highest BCUT2D eigenvalue weighted by molar-refractivity contribution is 14.1. The van der Waals surface area contributed by atoms with Crippen LogP contribution < -0.4 is 0 Å². The summed E-state index contributed by atoms with van der Waals surface area (Å²) < 4.78 is 37.6. The van der Waals surface area contributed by atoms with Gasteiger partial charge < -0.3 is 0 Å². The zero-order valence-corrected chi connectivity index (χ0v) is 8.93. The van der Waals surface area contributed by atoms with Gasteiger partial charge in [0.1, 0.15) is 5.69 Å². The van der Waals surface area contributed by atoms with E-state index in [2.05, 4.69) is 4.98 Å². The third kappa shape index (κ3) is 2.57. The van der Waals surface area contributed by atoms with Crippen LogP contribution in [0.2, 0.25) is 0 Å². The van der Waals surface area contributed by atoms with E-state index in [1.807, 2.05) is 22.6 Å². The van der Waals surface area contributed by atoms with Crippen molar-refractivity contribution in [2.24, 2.45) is 0 Å². The molecule has 0 radical (unpaired) electrons. The molecule has 0 unspecified atom stereocenters. The van der Waals surface area contributed by atoms with Gasteiger partial charge in [-0.25, -0.2) is 0 Å². The highest BCUT2D eigenvalue weighted by Gasteiger charge is 2.35. The van der Waals surface area contributed by atoms with E-state index >= 15 is 0 Å². The molecule has 0 spiro atoms. The molecule has 74 valence electrons. The molecule has 0 N–H and O–H groups in total. The van der Waals surface area contributed by atoms with Crippen LogP contribution in [0.5, 0.6) is 0 Å². The predicted molar refractivity (Wildman–Crippen MR) is 51.3 cm³/mol. The summed E-state index contributed by atoms with van der Waals surface area (Å²) in [4.78, 5) is 3.28. The maximum absolute atomic E-state index is 12.3. The number of alkyl halides is 3. The van der Waals surface area contributed by atoms with Crippen molar-refractivity contribution in [3.05, 3.63) is 27.1 Å². The fourth-order valence-electron chi connectivity index (χ4n) is 0.956. The Bertz CT molecular complexity index is 381. The van der Waals surface area contributed by atoms with E-state index in [0.29, 0.717) is 3.57 Å². The van der Waals surface area contributed by atoms with Crippen molar-refractivity contribution < 1.29 is 13.2 Å². The molecule has 6 heteroatoms. The average Bonchev–Trinajstić information content (AvgIpc) is 2.02. The van der Waals surface area contributed by atoms with Crippen LogP contribution in [0.3, 0.4) is 0 Å². The third-order valence-electron chi connectivity index (χ3n) is 1.47. The van der Waals surface area contributed by atoms with E-state index in [9.17, 15) is 13.2 Å². The zero-order chi connectivity index (χ0) is 10.8. The molecule has 0 saturated carbocycles. The molecule has 0 aromatic carbocycles. The van der Waals surface area contributed by atoms with Crippen molar-refractivity contribution in [3.8, 4) is 6.07 Å². The van der Waals surface area contributed by atoms with Crippen LogP contribution in [0.1, 0.15) is 11.3 Å². The Morgan fingerprint density at radius 2 is 2.14 bits per heavy atom. The highest BCUT2D eigenvalue weighted by atomic mass is 127. The standard InChI is InChI=1S/C8H4F3IN2/c9-8(10,11)7-5(1-2-13)3-6(12)4-14-7/h3-4H,1H2. The first-order valence-electron chi connectivity index (χ1n) is 3.53. The van der Waals surface area contributed by atoms with Crippen LogP contribution in [-0.4, -0.2) is 4.98 Å². The van der Waals surface area contributed by atoms with Gasteiger partial charge in [-0.3, -0.25) is 4.98 Å². The summed E-state index contributed by atoms with van der Waals surface area (Å²) in [7, 11) is 0. The predicted octanol–water partition coefficient (Wildman–Crippen LogP) is 2.77. The maximum Gasteiger partial charge on any atom is 0.433 e. The fraction of sp³-hybridized carbons (Fsp3) is 0.250. The van der Waals surface area contributed by atoms with Crippen molar-refractivity contribution >= 4 is 22.6 Å². The summed E-state index contributed by atoms with van der Waals surface area (Å²) >= 11 is 1.85. The van der Waals surface area contributed by atoms with Crippen molar-refractivity contribution in [1.82, 2.24) is 4.98 Å². The summed E-state index contributed by atoms with van der Waals surface area (Å²) in [5.74, 6) is 0. The lowest BCUT2D eigenvalue weighted by Crippen LogP contribution is -2.12. The molecule has 0 saturated heterocycles. The largest absolute Gasteiger partial charge is 0.433 e. The molecule has 1 aromatic heterocycles. The molecule has 0 bridgehead atoms. The molecule has 0 atom stereocenters. The minimum Gasteiger partial charge on any atom is -0.250 e. The molecule has 14 heavy (non-hydrogen) atoms. The van der Waals surface area contributed by atoms with Crippen LogP contribution in [0.4, 0.5) is 13.2 Å². The van der Waals surface area contributed by atoms with E-state index in [1.165, 1.54) is 6.07 Å². The van der Waals surface area contributed by atoms with Gasteiger partial charge in [-0.2, -0.15) is 18.4 Å². The monoisotopic (exact) mass is 312 g/mol. The lowest BCUT2D eigenvalue weighted by molar-refractivity contribution is -0.141. The molecular formula is C8H4F3IN2. The van der Waals surface area contributed by atoms with Crippen molar-refractivity contribution in [2.75, 3.05) is 0 Å². The molecule has 0 aliphatic heterocycles. The van der Waals surface area contributed by atoms with Gasteiger partial charge in [-0.15, -0.1) is 0 Å². The molecule has 2 nitrogen and oxygen atoms in total. The Morgan fingerprint density at radius 3 is 2.64 bits per heavy atom. The van der Waals surface area contributed by atoms with E-state index in [-0.39, 0.29) is 12.0 Å². The third-order valence-corrected chi connectivity index (χ3v) is 2.06. The first-order valence-corrected chi connectivity index (χ1v) is 4.61. The quantitative estimate of drug-likeness (QED) is 0.748. The topological polar surface area (TPSA) is 36.7 Å². The minimum absolute atomic E-state index is 0.0769. The van der Waals surface area contributed by atoms with Crippen molar-refractivity contribution in [3.63, 3.8) is 0 Å². The molecule has 0 aliphatic carbocycles. The molecule has 0 aliphatic rings. The molecular weight excluding hydrogens is 308 g/mol. The zero-order valence-electron chi connectivity index (χ0n) is 6.77. The van der Waals surface area contributed by atoms with Gasteiger partial charge in [0.25, 0.3) is 0 Å². The van der Waals surface area contributed by atoms with Gasteiger partial charge in [0.2, 0.25) is 0 Å². The summed E-state index contributed by atoms with van der Waals surface area (Å²) in [6.07, 6.45) is -3.64. The second-order valence-corrected chi connectivity index (χ2v) is 3.74. The Hall–Kier alpha value is -0.840. The number of hydrogen-bond acceptors (Lipinski definition) is 2. The Morgan fingerprint density at radius 1 is 1.50 bits per heavy atom. The summed E-state index contributed by atoms with van der Waals surface area (Å²) in [6, 6.07) is 3.00. The molecule has 1 heterocycles. The van der Waals surface area contributed by atoms with Gasteiger partial charge >= 0.3 is 6.18 Å². The second kappa shape index (κ2) is 4.13. The number of aromatic nitrogens is 1. The maximum atomic E-state index is 12.3. The summed E-state index contributed by atoms with van der Waals surface area (Å²) in [6.45, 7) is 0. The van der Waals surface area contributed by atoms with Gasteiger partial charge in [-0.1, -0.05) is 0 Å². The second-order valence-electron chi connectivity index (χ2n) is 2.49. The molecule has 1 aromatic rings.